The van der Waals surface area contributed by atoms with Crippen molar-refractivity contribution in [3.63, 3.8) is 0 Å². The van der Waals surface area contributed by atoms with Gasteiger partial charge < -0.3 is 10.1 Å². The average Bonchev–Trinajstić information content (AvgIpc) is 2.35. The van der Waals surface area contributed by atoms with Gasteiger partial charge in [0.15, 0.2) is 0 Å². The molecule has 0 aliphatic carbocycles. The molecule has 0 atom stereocenters. The van der Waals surface area contributed by atoms with Crippen molar-refractivity contribution >= 4 is 12.4 Å². The van der Waals surface area contributed by atoms with Crippen molar-refractivity contribution in [2.75, 3.05) is 6.61 Å². The fourth-order valence-corrected chi connectivity index (χ4v) is 1.29. The summed E-state index contributed by atoms with van der Waals surface area (Å²) in [4.78, 5) is 0. The quantitative estimate of drug-likeness (QED) is 0.798. The zero-order valence-electron chi connectivity index (χ0n) is 11.3. The monoisotopic (exact) mass is 267 g/mol. The molecule has 0 radical (unpaired) electrons. The molecule has 0 aromatic heterocycles. The number of terminal acetylenes is 1. The third-order valence-electron chi connectivity index (χ3n) is 2.90. The first kappa shape index (κ1) is 16.8. The van der Waals surface area contributed by atoms with Crippen molar-refractivity contribution in [3.05, 3.63) is 29.8 Å². The Morgan fingerprint density at radius 3 is 2.39 bits per heavy atom. The van der Waals surface area contributed by atoms with Crippen molar-refractivity contribution < 1.29 is 4.74 Å². The van der Waals surface area contributed by atoms with E-state index in [0.29, 0.717) is 6.61 Å². The van der Waals surface area contributed by atoms with E-state index < -0.39 is 0 Å². The number of hydrogen-bond acceptors (Lipinski definition) is 2. The lowest BCUT2D eigenvalue weighted by molar-refractivity contribution is 0.368. The highest BCUT2D eigenvalue weighted by Gasteiger charge is 2.12. The summed E-state index contributed by atoms with van der Waals surface area (Å²) < 4.78 is 5.32. The first-order chi connectivity index (χ1) is 8.07. The minimum Gasteiger partial charge on any atom is -0.481 e. The molecule has 2 nitrogen and oxygen atoms in total. The predicted molar refractivity (Wildman–Crippen MR) is 79.2 cm³/mol. The predicted octanol–water partition coefficient (Wildman–Crippen LogP) is 3.40. The Hall–Kier alpha value is -1.17. The third kappa shape index (κ3) is 5.95. The van der Waals surface area contributed by atoms with Crippen LogP contribution in [0.1, 0.15) is 32.8 Å². The maximum Gasteiger partial charge on any atom is 0.148 e. The summed E-state index contributed by atoms with van der Waals surface area (Å²) in [7, 11) is 0. The Balaban J connectivity index is 0.00000289. The van der Waals surface area contributed by atoms with Crippen molar-refractivity contribution in [2.45, 2.75) is 39.3 Å². The first-order valence-corrected chi connectivity index (χ1v) is 5.97. The number of halogens is 1. The number of hydrogen-bond donors (Lipinski definition) is 1. The van der Waals surface area contributed by atoms with E-state index in [0.717, 1.165) is 18.7 Å². The molecule has 0 saturated heterocycles. The van der Waals surface area contributed by atoms with Crippen molar-refractivity contribution in [2.24, 2.45) is 0 Å². The molecule has 0 aliphatic heterocycles. The standard InChI is InChI=1S/C15H21NO.ClH/c1-5-11-17-14-9-7-13(8-10-14)12-16-15(3,4)6-2;/h1,7-10,16H,6,11-12H2,2-4H3;1H. The molecule has 1 rings (SSSR count). The Kier molecular flexibility index (Phi) is 7.50. The van der Waals surface area contributed by atoms with Crippen molar-refractivity contribution in [1.82, 2.24) is 5.32 Å². The Labute approximate surface area is 117 Å². The third-order valence-corrected chi connectivity index (χ3v) is 2.90. The van der Waals surface area contributed by atoms with Gasteiger partial charge in [0.25, 0.3) is 0 Å². The smallest absolute Gasteiger partial charge is 0.148 e. The second kappa shape index (κ2) is 8.02. The molecule has 1 N–H and O–H groups in total. The van der Waals surface area contributed by atoms with E-state index in [-0.39, 0.29) is 17.9 Å². The van der Waals surface area contributed by atoms with Crippen molar-refractivity contribution in [3.8, 4) is 18.1 Å². The summed E-state index contributed by atoms with van der Waals surface area (Å²) >= 11 is 0. The summed E-state index contributed by atoms with van der Waals surface area (Å²) in [5.41, 5.74) is 1.43. The summed E-state index contributed by atoms with van der Waals surface area (Å²) in [6, 6.07) is 8.02. The van der Waals surface area contributed by atoms with Crippen LogP contribution in [0, 0.1) is 12.3 Å². The average molecular weight is 268 g/mol. The number of nitrogens with one attached hydrogen (secondary N) is 1. The second-order valence-corrected chi connectivity index (χ2v) is 4.73. The molecule has 18 heavy (non-hydrogen) atoms. The van der Waals surface area contributed by atoms with Crippen LogP contribution in [0.15, 0.2) is 24.3 Å². The summed E-state index contributed by atoms with van der Waals surface area (Å²) in [6.07, 6.45) is 6.24. The highest BCUT2D eigenvalue weighted by Crippen LogP contribution is 2.13. The van der Waals surface area contributed by atoms with Gasteiger partial charge in [-0.25, -0.2) is 0 Å². The molecule has 0 saturated carbocycles. The minimum absolute atomic E-state index is 0. The maximum absolute atomic E-state index is 5.32. The van der Waals surface area contributed by atoms with E-state index in [2.05, 4.69) is 44.1 Å². The van der Waals surface area contributed by atoms with Gasteiger partial charge in [0, 0.05) is 12.1 Å². The maximum atomic E-state index is 5.32. The van der Waals surface area contributed by atoms with Crippen LogP contribution in [0.5, 0.6) is 5.75 Å². The van der Waals surface area contributed by atoms with Gasteiger partial charge in [-0.1, -0.05) is 25.0 Å². The molecule has 0 spiro atoms. The van der Waals surface area contributed by atoms with Gasteiger partial charge >= 0.3 is 0 Å². The molecule has 0 aliphatic rings. The van der Waals surface area contributed by atoms with Crippen LogP contribution in [-0.2, 0) is 6.54 Å². The second-order valence-electron chi connectivity index (χ2n) is 4.73. The fourth-order valence-electron chi connectivity index (χ4n) is 1.29. The molecule has 0 heterocycles. The molecule has 0 bridgehead atoms. The molecule has 100 valence electrons. The van der Waals surface area contributed by atoms with Crippen LogP contribution >= 0.6 is 12.4 Å². The van der Waals surface area contributed by atoms with Crippen molar-refractivity contribution in [1.29, 1.82) is 0 Å². The Morgan fingerprint density at radius 2 is 1.89 bits per heavy atom. The molecule has 0 amide bonds. The van der Waals surface area contributed by atoms with E-state index in [4.69, 9.17) is 11.2 Å². The van der Waals surface area contributed by atoms with E-state index in [1.807, 2.05) is 12.1 Å². The van der Waals surface area contributed by atoms with E-state index in [1.54, 1.807) is 0 Å². The molecule has 0 unspecified atom stereocenters. The fraction of sp³-hybridized carbons (Fsp3) is 0.467. The lowest BCUT2D eigenvalue weighted by Gasteiger charge is -2.24. The lowest BCUT2D eigenvalue weighted by atomic mass is 10.0. The number of benzene rings is 1. The Bertz CT molecular complexity index is 378. The van der Waals surface area contributed by atoms with E-state index in [1.165, 1.54) is 5.56 Å². The van der Waals surface area contributed by atoms with E-state index >= 15 is 0 Å². The minimum atomic E-state index is 0. The van der Waals surface area contributed by atoms with Gasteiger partial charge in [-0.15, -0.1) is 18.8 Å². The molecular formula is C15H22ClNO. The topological polar surface area (TPSA) is 21.3 Å². The number of rotatable bonds is 6. The van der Waals surface area contributed by atoms with Gasteiger partial charge in [0.2, 0.25) is 0 Å². The summed E-state index contributed by atoms with van der Waals surface area (Å²) in [5.74, 6) is 3.27. The normalized spacial score (nSPS) is 10.3. The first-order valence-electron chi connectivity index (χ1n) is 5.97. The Morgan fingerprint density at radius 1 is 1.28 bits per heavy atom. The van der Waals surface area contributed by atoms with Crippen LogP contribution in [0.25, 0.3) is 0 Å². The van der Waals surface area contributed by atoms with Crippen LogP contribution in [0.2, 0.25) is 0 Å². The summed E-state index contributed by atoms with van der Waals surface area (Å²) in [5, 5.41) is 3.51. The zero-order valence-corrected chi connectivity index (χ0v) is 12.1. The molecule has 0 fully saturated rings. The summed E-state index contributed by atoms with van der Waals surface area (Å²) in [6.45, 7) is 7.79. The van der Waals surface area contributed by atoms with Crippen LogP contribution in [0.3, 0.4) is 0 Å². The molecular weight excluding hydrogens is 246 g/mol. The van der Waals surface area contributed by atoms with Gasteiger partial charge in [-0.2, -0.15) is 0 Å². The van der Waals surface area contributed by atoms with Crippen LogP contribution in [-0.4, -0.2) is 12.1 Å². The molecule has 1 aromatic rings. The van der Waals surface area contributed by atoms with Gasteiger partial charge in [-0.05, 0) is 38.0 Å². The van der Waals surface area contributed by atoms with E-state index in [9.17, 15) is 0 Å². The number of ether oxygens (including phenoxy) is 1. The largest absolute Gasteiger partial charge is 0.481 e. The van der Waals surface area contributed by atoms with Crippen LogP contribution < -0.4 is 10.1 Å². The lowest BCUT2D eigenvalue weighted by Crippen LogP contribution is -2.37. The van der Waals surface area contributed by atoms with Crippen LogP contribution in [0.4, 0.5) is 0 Å². The highest BCUT2D eigenvalue weighted by molar-refractivity contribution is 5.85. The molecule has 3 heteroatoms. The van der Waals surface area contributed by atoms with Gasteiger partial charge in [0.05, 0.1) is 0 Å². The zero-order chi connectivity index (χ0) is 12.7. The van der Waals surface area contributed by atoms with Gasteiger partial charge in [0.1, 0.15) is 12.4 Å². The molecule has 1 aromatic carbocycles. The SMILES string of the molecule is C#CCOc1ccc(CNC(C)(C)CC)cc1.Cl. The highest BCUT2D eigenvalue weighted by atomic mass is 35.5. The van der Waals surface area contributed by atoms with Gasteiger partial charge in [-0.3, -0.25) is 0 Å².